The summed E-state index contributed by atoms with van der Waals surface area (Å²) < 4.78 is 1.20. The largest absolute Gasteiger partial charge is 0.481 e. The van der Waals surface area contributed by atoms with Crippen LogP contribution >= 0.6 is 15.9 Å². The van der Waals surface area contributed by atoms with Crippen LogP contribution in [0.15, 0.2) is 22.7 Å². The van der Waals surface area contributed by atoms with Crippen LogP contribution in [0.25, 0.3) is 0 Å². The smallest absolute Gasteiger partial charge is 0.303 e. The summed E-state index contributed by atoms with van der Waals surface area (Å²) in [5, 5.41) is 8.57. The van der Waals surface area contributed by atoms with Crippen molar-refractivity contribution in [3.8, 4) is 0 Å². The van der Waals surface area contributed by atoms with E-state index >= 15 is 0 Å². The number of carbonyl (C=O) groups is 1. The fourth-order valence-corrected chi connectivity index (χ4v) is 3.10. The van der Waals surface area contributed by atoms with Gasteiger partial charge in [-0.2, -0.15) is 0 Å². The zero-order valence-corrected chi connectivity index (χ0v) is 17.2. The van der Waals surface area contributed by atoms with Gasteiger partial charge in [0.05, 0.1) is 0 Å². The first-order chi connectivity index (χ1) is 11.7. The lowest BCUT2D eigenvalue weighted by Gasteiger charge is -2.00. The molecule has 0 bridgehead atoms. The van der Waals surface area contributed by atoms with Crippen molar-refractivity contribution in [1.29, 1.82) is 0 Å². The number of rotatable bonds is 17. The van der Waals surface area contributed by atoms with E-state index in [9.17, 15) is 4.79 Å². The van der Waals surface area contributed by atoms with Gasteiger partial charge in [0, 0.05) is 6.42 Å². The van der Waals surface area contributed by atoms with E-state index in [1.54, 1.807) is 0 Å². The number of aliphatic carboxylic acids is 1. The molecule has 140 valence electrons. The summed E-state index contributed by atoms with van der Waals surface area (Å²) in [6.07, 6.45) is 24.3. The highest BCUT2D eigenvalue weighted by Crippen LogP contribution is 2.16. The lowest BCUT2D eigenvalue weighted by molar-refractivity contribution is -0.137. The van der Waals surface area contributed by atoms with Crippen LogP contribution in [0.1, 0.15) is 103 Å². The van der Waals surface area contributed by atoms with Gasteiger partial charge < -0.3 is 5.11 Å². The third-order valence-corrected chi connectivity index (χ3v) is 4.87. The van der Waals surface area contributed by atoms with Crippen LogP contribution in [0.2, 0.25) is 0 Å². The highest BCUT2D eigenvalue weighted by atomic mass is 79.9. The van der Waals surface area contributed by atoms with Crippen molar-refractivity contribution in [2.45, 2.75) is 103 Å². The molecule has 0 radical (unpaired) electrons. The van der Waals surface area contributed by atoms with Gasteiger partial charge in [-0.15, -0.1) is 0 Å². The van der Waals surface area contributed by atoms with Gasteiger partial charge >= 0.3 is 5.97 Å². The number of carboxylic acids is 1. The van der Waals surface area contributed by atoms with Gasteiger partial charge in [0.25, 0.3) is 0 Å². The molecule has 0 aliphatic heterocycles. The van der Waals surface area contributed by atoms with Crippen molar-refractivity contribution in [3.05, 3.63) is 22.7 Å². The number of carboxylic acid groups (broad SMARTS) is 1. The van der Waals surface area contributed by atoms with Crippen molar-refractivity contribution in [3.63, 3.8) is 0 Å². The maximum atomic E-state index is 10.4. The normalized spacial score (nSPS) is 12.2. The first-order valence-electron chi connectivity index (χ1n) is 9.88. The van der Waals surface area contributed by atoms with Gasteiger partial charge in [-0.25, -0.2) is 0 Å². The summed E-state index contributed by atoms with van der Waals surface area (Å²) in [5.41, 5.74) is 0. The lowest BCUT2D eigenvalue weighted by Crippen LogP contribution is -1.92. The van der Waals surface area contributed by atoms with Crippen molar-refractivity contribution in [2.24, 2.45) is 0 Å². The first kappa shape index (κ1) is 23.4. The van der Waals surface area contributed by atoms with Crippen LogP contribution < -0.4 is 0 Å². The maximum absolute atomic E-state index is 10.4. The molecule has 24 heavy (non-hydrogen) atoms. The Morgan fingerprint density at radius 3 is 2.00 bits per heavy atom. The molecule has 0 amide bonds. The molecule has 0 saturated heterocycles. The lowest BCUT2D eigenvalue weighted by atomic mass is 10.1. The molecule has 0 saturated carbocycles. The van der Waals surface area contributed by atoms with Gasteiger partial charge in [-0.05, 0) is 43.0 Å². The van der Waals surface area contributed by atoms with E-state index in [4.69, 9.17) is 5.11 Å². The molecule has 0 aromatic carbocycles. The Bertz CT molecular complexity index is 348. The Labute approximate surface area is 157 Å². The zero-order valence-electron chi connectivity index (χ0n) is 15.6. The number of halogens is 1. The predicted octanol–water partition coefficient (Wildman–Crippen LogP) is 7.78. The zero-order chi connectivity index (χ0) is 17.9. The summed E-state index contributed by atoms with van der Waals surface area (Å²) in [5.74, 6) is -0.709. The van der Waals surface area contributed by atoms with Gasteiger partial charge in [0.15, 0.2) is 0 Å². The second kappa shape index (κ2) is 18.8. The second-order valence-electron chi connectivity index (χ2n) is 6.56. The van der Waals surface area contributed by atoms with E-state index in [1.165, 1.54) is 68.7 Å². The molecule has 0 heterocycles. The van der Waals surface area contributed by atoms with Gasteiger partial charge in [-0.3, -0.25) is 4.79 Å². The SMILES string of the molecule is CCCCCCCCCCC/C=C\CC/C(Br)=C\CCCC(=O)O. The minimum Gasteiger partial charge on any atom is -0.481 e. The van der Waals surface area contributed by atoms with E-state index in [0.717, 1.165) is 25.7 Å². The quantitative estimate of drug-likeness (QED) is 0.200. The Morgan fingerprint density at radius 2 is 1.38 bits per heavy atom. The van der Waals surface area contributed by atoms with Crippen LogP contribution in [0.4, 0.5) is 0 Å². The average molecular weight is 401 g/mol. The fourth-order valence-electron chi connectivity index (χ4n) is 2.64. The van der Waals surface area contributed by atoms with Gasteiger partial charge in [0.1, 0.15) is 0 Å². The number of hydrogen-bond donors (Lipinski definition) is 1. The highest BCUT2D eigenvalue weighted by Gasteiger charge is 1.96. The molecule has 0 spiro atoms. The van der Waals surface area contributed by atoms with Gasteiger partial charge in [-0.1, -0.05) is 92.4 Å². The molecule has 0 aliphatic carbocycles. The van der Waals surface area contributed by atoms with Crippen LogP contribution in [0.5, 0.6) is 0 Å². The number of allylic oxidation sites excluding steroid dienone is 4. The van der Waals surface area contributed by atoms with E-state index in [-0.39, 0.29) is 6.42 Å². The van der Waals surface area contributed by atoms with E-state index in [1.807, 2.05) is 0 Å². The van der Waals surface area contributed by atoms with Gasteiger partial charge in [0.2, 0.25) is 0 Å². The minimum absolute atomic E-state index is 0.259. The van der Waals surface area contributed by atoms with Crippen molar-refractivity contribution in [2.75, 3.05) is 0 Å². The molecular formula is C21H37BrO2. The van der Waals surface area contributed by atoms with Crippen LogP contribution in [-0.2, 0) is 4.79 Å². The molecule has 0 aliphatic rings. The Morgan fingerprint density at radius 1 is 0.792 bits per heavy atom. The summed E-state index contributed by atoms with van der Waals surface area (Å²) >= 11 is 3.56. The molecule has 0 aromatic heterocycles. The first-order valence-corrected chi connectivity index (χ1v) is 10.7. The van der Waals surface area contributed by atoms with E-state index < -0.39 is 5.97 Å². The average Bonchev–Trinajstić information content (AvgIpc) is 2.55. The summed E-state index contributed by atoms with van der Waals surface area (Å²) in [6.45, 7) is 2.27. The van der Waals surface area contributed by atoms with E-state index in [0.29, 0.717) is 0 Å². The Kier molecular flexibility index (Phi) is 18.3. The molecule has 0 rings (SSSR count). The number of unbranched alkanes of at least 4 members (excludes halogenated alkanes) is 10. The maximum Gasteiger partial charge on any atom is 0.303 e. The number of hydrogen-bond acceptors (Lipinski definition) is 1. The van der Waals surface area contributed by atoms with Crippen LogP contribution in [0, 0.1) is 0 Å². The van der Waals surface area contributed by atoms with Crippen molar-refractivity contribution in [1.82, 2.24) is 0 Å². The Balaban J connectivity index is 3.34. The molecule has 0 atom stereocenters. The minimum atomic E-state index is -0.709. The second-order valence-corrected chi connectivity index (χ2v) is 7.58. The molecule has 3 heteroatoms. The fraction of sp³-hybridized carbons (Fsp3) is 0.762. The molecule has 0 aromatic rings. The molecule has 2 nitrogen and oxygen atoms in total. The molecular weight excluding hydrogens is 364 g/mol. The molecule has 0 unspecified atom stereocenters. The van der Waals surface area contributed by atoms with Crippen molar-refractivity contribution >= 4 is 21.9 Å². The van der Waals surface area contributed by atoms with Crippen LogP contribution in [0.3, 0.4) is 0 Å². The van der Waals surface area contributed by atoms with E-state index in [2.05, 4.69) is 41.1 Å². The third kappa shape index (κ3) is 19.5. The monoisotopic (exact) mass is 400 g/mol. The van der Waals surface area contributed by atoms with Crippen LogP contribution in [-0.4, -0.2) is 11.1 Å². The highest BCUT2D eigenvalue weighted by molar-refractivity contribution is 9.11. The molecule has 1 N–H and O–H groups in total. The van der Waals surface area contributed by atoms with Crippen molar-refractivity contribution < 1.29 is 9.90 Å². The summed E-state index contributed by atoms with van der Waals surface area (Å²) in [7, 11) is 0. The standard InChI is InChI=1S/C21H37BrO2/c1-2-3-4-5-6-7-8-9-10-11-12-13-14-17-20(22)18-15-16-19-21(23)24/h12-13,18H,2-11,14-17,19H2,1H3,(H,23,24)/b13-12-,20-18+. The topological polar surface area (TPSA) is 37.3 Å². The molecule has 0 fully saturated rings. The predicted molar refractivity (Wildman–Crippen MR) is 109 cm³/mol. The Hall–Kier alpha value is -0.570. The summed E-state index contributed by atoms with van der Waals surface area (Å²) in [4.78, 5) is 10.4. The summed E-state index contributed by atoms with van der Waals surface area (Å²) in [6, 6.07) is 0. The third-order valence-electron chi connectivity index (χ3n) is 4.15.